The zero-order chi connectivity index (χ0) is 16.2. The van der Waals surface area contributed by atoms with Crippen LogP contribution in [-0.4, -0.2) is 48.0 Å². The van der Waals surface area contributed by atoms with Gasteiger partial charge in [0.2, 0.25) is 10.0 Å². The Kier molecular flexibility index (Phi) is 5.81. The molecule has 1 aromatic rings. The number of sulfonamides is 1. The number of hydrogen-bond donors (Lipinski definition) is 3. The van der Waals surface area contributed by atoms with E-state index in [0.717, 1.165) is 6.07 Å². The summed E-state index contributed by atoms with van der Waals surface area (Å²) in [5, 5.41) is 9.04. The van der Waals surface area contributed by atoms with Gasteiger partial charge in [0.15, 0.2) is 0 Å². The predicted molar refractivity (Wildman–Crippen MR) is 78.7 cm³/mol. The summed E-state index contributed by atoms with van der Waals surface area (Å²) in [7, 11) is -2.57. The maximum absolute atomic E-state index is 12.2. The lowest BCUT2D eigenvalue weighted by atomic mass is 10.2. The number of aliphatic carboxylic acids is 1. The molecule has 0 saturated heterocycles. The summed E-state index contributed by atoms with van der Waals surface area (Å²) in [6.07, 6.45) is 3.16. The van der Waals surface area contributed by atoms with Crippen LogP contribution >= 0.6 is 11.8 Å². The zero-order valence-corrected chi connectivity index (χ0v) is 13.2. The Morgan fingerprint density at radius 3 is 2.57 bits per heavy atom. The first-order chi connectivity index (χ1) is 9.69. The fraction of sp³-hybridized carbons (Fsp3) is 0.455. The first-order valence-corrected chi connectivity index (χ1v) is 8.77. The van der Waals surface area contributed by atoms with Crippen LogP contribution in [0.3, 0.4) is 0 Å². The number of primary amides is 1. The van der Waals surface area contributed by atoms with Gasteiger partial charge < -0.3 is 15.4 Å². The van der Waals surface area contributed by atoms with Crippen molar-refractivity contribution >= 4 is 33.7 Å². The molecular formula is C11H17N3O5S2. The molecule has 8 nitrogen and oxygen atoms in total. The molecule has 0 fully saturated rings. The smallest absolute Gasteiger partial charge is 0.321 e. The minimum Gasteiger partial charge on any atom is -0.480 e. The second kappa shape index (κ2) is 6.96. The highest BCUT2D eigenvalue weighted by molar-refractivity contribution is 7.98. The molecular weight excluding hydrogens is 318 g/mol. The van der Waals surface area contributed by atoms with Crippen molar-refractivity contribution in [2.75, 3.05) is 12.0 Å². The summed E-state index contributed by atoms with van der Waals surface area (Å²) in [5.74, 6) is -1.52. The van der Waals surface area contributed by atoms with Gasteiger partial charge in [-0.2, -0.15) is 16.5 Å². The number of amides is 1. The standard InChI is InChI=1S/C11H17N3O5S2/c1-14-6-7(5-9(14)10(12)15)21(18,19)13-8(11(16)17)3-4-20-2/h5-6,8,13H,3-4H2,1-2H3,(H2,12,15)(H,16,17)/t8-/m0/s1. The van der Waals surface area contributed by atoms with Crippen LogP contribution in [-0.2, 0) is 21.9 Å². The molecule has 1 heterocycles. The van der Waals surface area contributed by atoms with Gasteiger partial charge in [-0.25, -0.2) is 8.42 Å². The highest BCUT2D eigenvalue weighted by Crippen LogP contribution is 2.14. The summed E-state index contributed by atoms with van der Waals surface area (Å²) >= 11 is 1.42. The zero-order valence-electron chi connectivity index (χ0n) is 11.6. The van der Waals surface area contributed by atoms with Crippen LogP contribution in [0.2, 0.25) is 0 Å². The van der Waals surface area contributed by atoms with E-state index in [-0.39, 0.29) is 17.0 Å². The largest absolute Gasteiger partial charge is 0.480 e. The lowest BCUT2D eigenvalue weighted by Crippen LogP contribution is -2.41. The maximum atomic E-state index is 12.2. The van der Waals surface area contributed by atoms with Crippen molar-refractivity contribution in [1.82, 2.24) is 9.29 Å². The topological polar surface area (TPSA) is 131 Å². The molecule has 1 amide bonds. The molecule has 0 spiro atoms. The summed E-state index contributed by atoms with van der Waals surface area (Å²) in [6, 6.07) is -0.113. The van der Waals surface area contributed by atoms with Gasteiger partial charge in [0.1, 0.15) is 16.6 Å². The molecule has 0 unspecified atom stereocenters. The molecule has 0 aliphatic rings. The van der Waals surface area contributed by atoms with Crippen molar-refractivity contribution < 1.29 is 23.1 Å². The number of carboxylic acid groups (broad SMARTS) is 1. The minimum absolute atomic E-state index is 0.0198. The van der Waals surface area contributed by atoms with E-state index >= 15 is 0 Å². The van der Waals surface area contributed by atoms with Gasteiger partial charge >= 0.3 is 5.97 Å². The maximum Gasteiger partial charge on any atom is 0.321 e. The summed E-state index contributed by atoms with van der Waals surface area (Å²) in [5.41, 5.74) is 5.13. The van der Waals surface area contributed by atoms with E-state index in [1.54, 1.807) is 6.26 Å². The van der Waals surface area contributed by atoms with Crippen molar-refractivity contribution in [2.45, 2.75) is 17.4 Å². The van der Waals surface area contributed by atoms with Gasteiger partial charge in [-0.15, -0.1) is 0 Å². The molecule has 1 aromatic heterocycles. The molecule has 118 valence electrons. The Labute approximate surface area is 126 Å². The molecule has 1 atom stereocenters. The monoisotopic (exact) mass is 335 g/mol. The van der Waals surface area contributed by atoms with E-state index < -0.39 is 27.9 Å². The molecule has 0 bridgehead atoms. The summed E-state index contributed by atoms with van der Waals surface area (Å²) in [4.78, 5) is 22.0. The van der Waals surface area contributed by atoms with Gasteiger partial charge in [-0.3, -0.25) is 9.59 Å². The van der Waals surface area contributed by atoms with Gasteiger partial charge in [0, 0.05) is 13.2 Å². The first kappa shape index (κ1) is 17.5. The van der Waals surface area contributed by atoms with Crippen LogP contribution < -0.4 is 10.5 Å². The second-order valence-corrected chi connectivity index (χ2v) is 7.03. The second-order valence-electron chi connectivity index (χ2n) is 4.33. The summed E-state index contributed by atoms with van der Waals surface area (Å²) < 4.78 is 27.7. The Morgan fingerprint density at radius 2 is 2.14 bits per heavy atom. The molecule has 0 aliphatic carbocycles. The van der Waals surface area contributed by atoms with Crippen molar-refractivity contribution in [3.63, 3.8) is 0 Å². The highest BCUT2D eigenvalue weighted by atomic mass is 32.2. The Morgan fingerprint density at radius 1 is 1.52 bits per heavy atom. The number of rotatable bonds is 8. The normalized spacial score (nSPS) is 13.0. The predicted octanol–water partition coefficient (Wildman–Crippen LogP) is -0.391. The van der Waals surface area contributed by atoms with Crippen molar-refractivity contribution in [1.29, 1.82) is 0 Å². The number of nitrogens with one attached hydrogen (secondary N) is 1. The number of hydrogen-bond acceptors (Lipinski definition) is 5. The van der Waals surface area contributed by atoms with Crippen LogP contribution in [0, 0.1) is 0 Å². The molecule has 0 aromatic carbocycles. The molecule has 0 saturated carbocycles. The molecule has 0 aliphatic heterocycles. The quantitative estimate of drug-likeness (QED) is 0.593. The highest BCUT2D eigenvalue weighted by Gasteiger charge is 2.26. The Balaban J connectivity index is 3.02. The average Bonchev–Trinajstić information content (AvgIpc) is 2.77. The molecule has 4 N–H and O–H groups in total. The van der Waals surface area contributed by atoms with E-state index in [2.05, 4.69) is 4.72 Å². The van der Waals surface area contributed by atoms with Crippen LogP contribution in [0.15, 0.2) is 17.2 Å². The number of nitrogens with zero attached hydrogens (tertiary/aromatic N) is 1. The van der Waals surface area contributed by atoms with Gasteiger partial charge in [-0.1, -0.05) is 0 Å². The van der Waals surface area contributed by atoms with Gasteiger partial charge in [0.05, 0.1) is 0 Å². The molecule has 1 rings (SSSR count). The number of thioether (sulfide) groups is 1. The van der Waals surface area contributed by atoms with Crippen molar-refractivity contribution in [3.8, 4) is 0 Å². The van der Waals surface area contributed by atoms with E-state index in [1.165, 1.54) is 29.6 Å². The number of carboxylic acids is 1. The third-order valence-corrected chi connectivity index (χ3v) is 4.83. The summed E-state index contributed by atoms with van der Waals surface area (Å²) in [6.45, 7) is 0. The first-order valence-electron chi connectivity index (χ1n) is 5.89. The van der Waals surface area contributed by atoms with E-state index in [9.17, 15) is 18.0 Å². The number of aryl methyl sites for hydroxylation is 1. The molecule has 10 heteroatoms. The number of aromatic nitrogens is 1. The Hall–Kier alpha value is -1.52. The lowest BCUT2D eigenvalue weighted by Gasteiger charge is -2.13. The van der Waals surface area contributed by atoms with Crippen molar-refractivity contribution in [2.24, 2.45) is 12.8 Å². The van der Waals surface area contributed by atoms with Gasteiger partial charge in [0.25, 0.3) is 5.91 Å². The van der Waals surface area contributed by atoms with Crippen LogP contribution in [0.25, 0.3) is 0 Å². The van der Waals surface area contributed by atoms with E-state index in [0.29, 0.717) is 5.75 Å². The Bertz CT molecular complexity index is 638. The number of carbonyl (C=O) groups is 2. The SMILES string of the molecule is CSCC[C@H](NS(=O)(=O)c1cc(C(N)=O)n(C)c1)C(=O)O. The molecule has 0 radical (unpaired) electrons. The lowest BCUT2D eigenvalue weighted by molar-refractivity contribution is -0.139. The third-order valence-electron chi connectivity index (χ3n) is 2.75. The fourth-order valence-corrected chi connectivity index (χ4v) is 3.41. The van der Waals surface area contributed by atoms with Crippen LogP contribution in [0.4, 0.5) is 0 Å². The number of nitrogens with two attached hydrogens (primary N) is 1. The van der Waals surface area contributed by atoms with Crippen molar-refractivity contribution in [3.05, 3.63) is 18.0 Å². The van der Waals surface area contributed by atoms with Crippen LogP contribution in [0.5, 0.6) is 0 Å². The minimum atomic E-state index is -4.04. The fourth-order valence-electron chi connectivity index (χ4n) is 1.65. The third kappa shape index (κ3) is 4.48. The average molecular weight is 335 g/mol. The van der Waals surface area contributed by atoms with Crippen LogP contribution in [0.1, 0.15) is 16.9 Å². The number of carbonyl (C=O) groups excluding carboxylic acids is 1. The molecule has 21 heavy (non-hydrogen) atoms. The van der Waals surface area contributed by atoms with Gasteiger partial charge in [-0.05, 0) is 24.5 Å². The van der Waals surface area contributed by atoms with E-state index in [4.69, 9.17) is 10.8 Å². The van der Waals surface area contributed by atoms with E-state index in [1.807, 2.05) is 0 Å².